The van der Waals surface area contributed by atoms with Crippen LogP contribution < -0.4 is 0 Å². The molecule has 126 valence electrons. The van der Waals surface area contributed by atoms with E-state index < -0.39 is 55.4 Å². The van der Waals surface area contributed by atoms with E-state index >= 15 is 0 Å². The molecule has 0 aromatic rings. The van der Waals surface area contributed by atoms with Crippen LogP contribution in [0.2, 0.25) is 0 Å². The Kier molecular flexibility index (Phi) is 14.7. The van der Waals surface area contributed by atoms with Crippen LogP contribution >= 0.6 is 0 Å². The molecule has 0 aromatic heterocycles. The maximum absolute atomic E-state index is 10.1. The van der Waals surface area contributed by atoms with Gasteiger partial charge in [0.05, 0.1) is 6.61 Å². The summed E-state index contributed by atoms with van der Waals surface area (Å²) >= 11 is 0. The Hall–Kier alpha value is -1.27. The van der Waals surface area contributed by atoms with Gasteiger partial charge in [-0.25, -0.2) is 4.79 Å². The van der Waals surface area contributed by atoms with Crippen LogP contribution in [-0.2, 0) is 31.5 Å². The predicted octanol–water partition coefficient (Wildman–Crippen LogP) is -3.95. The molecule has 0 fully saturated rings. The topological polar surface area (TPSA) is 213 Å². The number of aliphatic carboxylic acids is 3. The first-order chi connectivity index (χ1) is 9.04. The molecule has 0 aliphatic heterocycles. The van der Waals surface area contributed by atoms with Crippen molar-refractivity contribution in [2.45, 2.75) is 30.8 Å². The van der Waals surface area contributed by atoms with Gasteiger partial charge in [0.15, 0.2) is 6.10 Å². The second-order valence-corrected chi connectivity index (χ2v) is 3.48. The fraction of sp³-hybridized carbons (Fsp3) is 0.667. The van der Waals surface area contributed by atoms with Gasteiger partial charge >= 0.3 is 17.9 Å². The predicted molar refractivity (Wildman–Crippen MR) is 58.6 cm³/mol. The normalized spacial score (nSPS) is 15.3. The Morgan fingerprint density at radius 1 is 0.810 bits per heavy atom. The Labute approximate surface area is 128 Å². The average Bonchev–Trinajstić information content (AvgIpc) is 2.33. The van der Waals surface area contributed by atoms with Crippen molar-refractivity contribution in [2.24, 2.45) is 0 Å². The Morgan fingerprint density at radius 2 is 1.19 bits per heavy atom. The number of carboxylic acid groups (broad SMARTS) is 3. The fourth-order valence-corrected chi connectivity index (χ4v) is 0.798. The van der Waals surface area contributed by atoms with Crippen LogP contribution in [0.1, 0.15) is 6.42 Å². The maximum Gasteiger partial charge on any atom is 0.335 e. The van der Waals surface area contributed by atoms with E-state index in [1.807, 2.05) is 0 Å². The molecule has 8 N–H and O–H groups in total. The molecule has 11 nitrogen and oxygen atoms in total. The van der Waals surface area contributed by atoms with E-state index in [0.717, 1.165) is 0 Å². The van der Waals surface area contributed by atoms with Crippen molar-refractivity contribution in [3.63, 3.8) is 0 Å². The SMILES string of the molecule is O=C(O)CC(=O)O.O=C(O)[C@H](O)[C@@H](O)[C@H](O)[C@H](O)CO.[Fe]. The molecule has 0 amide bonds. The van der Waals surface area contributed by atoms with Crippen LogP contribution in [-0.4, -0.2) is 89.8 Å². The van der Waals surface area contributed by atoms with Gasteiger partial charge in [0.2, 0.25) is 0 Å². The van der Waals surface area contributed by atoms with Gasteiger partial charge in [-0.15, -0.1) is 0 Å². The van der Waals surface area contributed by atoms with E-state index in [1.54, 1.807) is 0 Å². The van der Waals surface area contributed by atoms with Crippen molar-refractivity contribution in [1.29, 1.82) is 0 Å². The molecule has 21 heavy (non-hydrogen) atoms. The number of aliphatic hydroxyl groups is 5. The third kappa shape index (κ3) is 12.2. The van der Waals surface area contributed by atoms with Crippen LogP contribution in [0.5, 0.6) is 0 Å². The van der Waals surface area contributed by atoms with Crippen molar-refractivity contribution in [3.05, 3.63) is 0 Å². The molecule has 0 unspecified atom stereocenters. The van der Waals surface area contributed by atoms with Gasteiger partial charge in [0, 0.05) is 17.1 Å². The van der Waals surface area contributed by atoms with Gasteiger partial charge < -0.3 is 40.9 Å². The molecule has 0 bridgehead atoms. The standard InChI is InChI=1S/C6H12O7.C3H4O4.Fe/c7-1-2(8)3(9)4(10)5(11)6(12)13;4-2(5)1-3(6)7;/h2-5,7-11H,1H2,(H,12,13);1H2,(H,4,5)(H,6,7);/t2-,3-,4+,5-;;/m1../s1. The molecule has 0 spiro atoms. The first kappa shape index (κ1) is 24.7. The molecule has 0 rings (SSSR count). The molecule has 0 aromatic carbocycles. The average molecular weight is 356 g/mol. The summed E-state index contributed by atoms with van der Waals surface area (Å²) in [5.74, 6) is -4.35. The van der Waals surface area contributed by atoms with Crippen LogP contribution in [0.25, 0.3) is 0 Å². The van der Waals surface area contributed by atoms with Crippen molar-refractivity contribution in [1.82, 2.24) is 0 Å². The number of hydrogen-bond donors (Lipinski definition) is 8. The number of aliphatic hydroxyl groups excluding tert-OH is 5. The van der Waals surface area contributed by atoms with E-state index in [2.05, 4.69) is 0 Å². The Balaban J connectivity index is -0.000000347. The zero-order chi connectivity index (χ0) is 16.5. The fourth-order valence-electron chi connectivity index (χ4n) is 0.798. The van der Waals surface area contributed by atoms with Gasteiger partial charge in [-0.2, -0.15) is 0 Å². The smallest absolute Gasteiger partial charge is 0.335 e. The molecule has 0 saturated heterocycles. The number of rotatable bonds is 7. The second kappa shape index (κ2) is 12.5. The van der Waals surface area contributed by atoms with Crippen molar-refractivity contribution < 1.29 is 72.3 Å². The van der Waals surface area contributed by atoms with E-state index in [0.29, 0.717) is 0 Å². The van der Waals surface area contributed by atoms with Gasteiger partial charge in [0.25, 0.3) is 0 Å². The third-order valence-corrected chi connectivity index (χ3v) is 1.81. The number of carbonyl (C=O) groups is 3. The molecule has 0 aliphatic rings. The van der Waals surface area contributed by atoms with E-state index in [-0.39, 0.29) is 17.1 Å². The molecule has 0 heterocycles. The molecule has 0 radical (unpaired) electrons. The Morgan fingerprint density at radius 3 is 1.38 bits per heavy atom. The number of hydrogen-bond acceptors (Lipinski definition) is 8. The minimum absolute atomic E-state index is 0. The summed E-state index contributed by atoms with van der Waals surface area (Å²) in [6, 6.07) is 0. The first-order valence-electron chi connectivity index (χ1n) is 5.04. The third-order valence-electron chi connectivity index (χ3n) is 1.81. The summed E-state index contributed by atoms with van der Waals surface area (Å²) < 4.78 is 0. The van der Waals surface area contributed by atoms with Gasteiger partial charge in [-0.3, -0.25) is 9.59 Å². The minimum atomic E-state index is -2.20. The van der Waals surface area contributed by atoms with E-state index in [9.17, 15) is 14.4 Å². The van der Waals surface area contributed by atoms with Gasteiger partial charge in [-0.1, -0.05) is 0 Å². The molecular weight excluding hydrogens is 340 g/mol. The van der Waals surface area contributed by atoms with Crippen LogP contribution in [0.3, 0.4) is 0 Å². The van der Waals surface area contributed by atoms with Crippen LogP contribution in [0.15, 0.2) is 0 Å². The van der Waals surface area contributed by atoms with Gasteiger partial charge in [0.1, 0.15) is 24.7 Å². The summed E-state index contributed by atoms with van der Waals surface area (Å²) in [7, 11) is 0. The summed E-state index contributed by atoms with van der Waals surface area (Å²) in [6.07, 6.45) is -8.64. The quantitative estimate of drug-likeness (QED) is 0.163. The summed E-state index contributed by atoms with van der Waals surface area (Å²) in [4.78, 5) is 28.9. The van der Waals surface area contributed by atoms with Crippen LogP contribution in [0.4, 0.5) is 0 Å². The zero-order valence-electron chi connectivity index (χ0n) is 10.4. The van der Waals surface area contributed by atoms with E-state index in [4.69, 9.17) is 40.9 Å². The summed E-state index contributed by atoms with van der Waals surface area (Å²) in [5.41, 5.74) is 0. The molecule has 0 aliphatic carbocycles. The monoisotopic (exact) mass is 356 g/mol. The Bertz CT molecular complexity index is 322. The minimum Gasteiger partial charge on any atom is -0.481 e. The molecule has 0 saturated carbocycles. The van der Waals surface area contributed by atoms with E-state index in [1.165, 1.54) is 0 Å². The molecule has 12 heteroatoms. The van der Waals surface area contributed by atoms with Crippen molar-refractivity contribution >= 4 is 17.9 Å². The largest absolute Gasteiger partial charge is 0.481 e. The van der Waals surface area contributed by atoms with Gasteiger partial charge in [-0.05, 0) is 0 Å². The summed E-state index contributed by atoms with van der Waals surface area (Å²) in [5, 5.41) is 67.2. The zero-order valence-corrected chi connectivity index (χ0v) is 11.5. The van der Waals surface area contributed by atoms with Crippen LogP contribution in [0, 0.1) is 0 Å². The van der Waals surface area contributed by atoms with Crippen molar-refractivity contribution in [2.75, 3.05) is 6.61 Å². The first-order valence-corrected chi connectivity index (χ1v) is 5.04. The van der Waals surface area contributed by atoms with Crippen molar-refractivity contribution in [3.8, 4) is 0 Å². The molecular formula is C9H16FeO11. The number of carboxylic acids is 3. The second-order valence-electron chi connectivity index (χ2n) is 3.48. The molecule has 4 atom stereocenters. The maximum atomic E-state index is 10.1. The summed E-state index contributed by atoms with van der Waals surface area (Å²) in [6.45, 7) is -0.843.